The zero-order valence-corrected chi connectivity index (χ0v) is 10.4. The lowest BCUT2D eigenvalue weighted by molar-refractivity contribution is -0.145. The maximum Gasteiger partial charge on any atom is 0.323 e. The first-order chi connectivity index (χ1) is 9.16. The second-order valence-corrected chi connectivity index (χ2v) is 4.99. The molecule has 1 amide bonds. The third-order valence-electron chi connectivity index (χ3n) is 3.57. The van der Waals surface area contributed by atoms with E-state index in [1.807, 2.05) is 24.3 Å². The van der Waals surface area contributed by atoms with Crippen LogP contribution in [0, 0.1) is 0 Å². The highest BCUT2D eigenvalue weighted by atomic mass is 16.5. The van der Waals surface area contributed by atoms with Crippen LogP contribution in [-0.2, 0) is 9.59 Å². The molecule has 1 aromatic carbocycles. The van der Waals surface area contributed by atoms with Crippen molar-refractivity contribution >= 4 is 11.9 Å². The number of hydrogen-bond acceptors (Lipinski definition) is 3. The van der Waals surface area contributed by atoms with Gasteiger partial charge in [0.1, 0.15) is 24.8 Å². The van der Waals surface area contributed by atoms with Crippen molar-refractivity contribution in [3.8, 4) is 5.75 Å². The Hall–Kier alpha value is -2.04. The second kappa shape index (κ2) is 4.57. The number of carboxylic acids is 1. The summed E-state index contributed by atoms with van der Waals surface area (Å²) in [4.78, 5) is 24.9. The fourth-order valence-electron chi connectivity index (χ4n) is 2.49. The summed E-state index contributed by atoms with van der Waals surface area (Å²) < 4.78 is 5.49. The van der Waals surface area contributed by atoms with Crippen molar-refractivity contribution in [3.05, 3.63) is 29.8 Å². The van der Waals surface area contributed by atoms with Crippen molar-refractivity contribution in [2.24, 2.45) is 0 Å². The number of rotatable bonds is 4. The number of para-hydroxylation sites is 1. The Balaban J connectivity index is 1.81. The van der Waals surface area contributed by atoms with Gasteiger partial charge in [0.2, 0.25) is 5.91 Å². The molecule has 1 aliphatic carbocycles. The third kappa shape index (κ3) is 2.28. The van der Waals surface area contributed by atoms with E-state index in [0.29, 0.717) is 6.61 Å². The predicted molar refractivity (Wildman–Crippen MR) is 67.0 cm³/mol. The van der Waals surface area contributed by atoms with E-state index < -0.39 is 5.97 Å². The van der Waals surface area contributed by atoms with E-state index >= 15 is 0 Å². The van der Waals surface area contributed by atoms with Gasteiger partial charge in [-0.15, -0.1) is 0 Å². The molecule has 0 saturated heterocycles. The number of amides is 1. The first-order valence-electron chi connectivity index (χ1n) is 6.41. The first kappa shape index (κ1) is 12.0. The van der Waals surface area contributed by atoms with E-state index in [9.17, 15) is 9.59 Å². The maximum absolute atomic E-state index is 12.5. The summed E-state index contributed by atoms with van der Waals surface area (Å²) in [7, 11) is 0. The molecule has 0 radical (unpaired) electrons. The monoisotopic (exact) mass is 261 g/mol. The largest absolute Gasteiger partial charge is 0.492 e. The highest BCUT2D eigenvalue weighted by Crippen LogP contribution is 2.37. The summed E-state index contributed by atoms with van der Waals surface area (Å²) in [5.41, 5.74) is 0.864. The van der Waals surface area contributed by atoms with Crippen molar-refractivity contribution in [2.75, 3.05) is 13.2 Å². The number of carboxylic acid groups (broad SMARTS) is 1. The lowest BCUT2D eigenvalue weighted by Crippen LogP contribution is -2.40. The molecule has 1 N–H and O–H groups in total. The Kier molecular flexibility index (Phi) is 2.89. The van der Waals surface area contributed by atoms with Gasteiger partial charge in [-0.2, -0.15) is 0 Å². The summed E-state index contributed by atoms with van der Waals surface area (Å²) in [6.07, 6.45) is 1.79. The molecular formula is C14H15NO4. The lowest BCUT2D eigenvalue weighted by Gasteiger charge is -2.23. The standard InChI is InChI=1S/C14H15NO4/c16-13(17)7-15(9-5-6-9)14(18)11-8-19-12-4-2-1-3-10(11)12/h1-4,9,11H,5-8H2,(H,16,17). The average molecular weight is 261 g/mol. The third-order valence-corrected chi connectivity index (χ3v) is 3.57. The number of nitrogens with zero attached hydrogens (tertiary/aromatic N) is 1. The lowest BCUT2D eigenvalue weighted by atomic mass is 10.00. The first-order valence-corrected chi connectivity index (χ1v) is 6.41. The average Bonchev–Trinajstić information content (AvgIpc) is 3.14. The van der Waals surface area contributed by atoms with Gasteiger partial charge in [0, 0.05) is 11.6 Å². The minimum atomic E-state index is -0.965. The summed E-state index contributed by atoms with van der Waals surface area (Å²) in [6, 6.07) is 7.53. The van der Waals surface area contributed by atoms with Crippen molar-refractivity contribution in [2.45, 2.75) is 24.8 Å². The van der Waals surface area contributed by atoms with Crippen molar-refractivity contribution in [3.63, 3.8) is 0 Å². The molecule has 1 fully saturated rings. The van der Waals surface area contributed by atoms with Crippen LogP contribution >= 0.6 is 0 Å². The molecule has 5 nitrogen and oxygen atoms in total. The smallest absolute Gasteiger partial charge is 0.323 e. The molecule has 5 heteroatoms. The zero-order chi connectivity index (χ0) is 13.4. The van der Waals surface area contributed by atoms with E-state index in [1.165, 1.54) is 4.90 Å². The number of hydrogen-bond donors (Lipinski definition) is 1. The van der Waals surface area contributed by atoms with Gasteiger partial charge < -0.3 is 14.7 Å². The Morgan fingerprint density at radius 3 is 2.74 bits per heavy atom. The Morgan fingerprint density at radius 2 is 2.05 bits per heavy atom. The van der Waals surface area contributed by atoms with Crippen LogP contribution in [-0.4, -0.2) is 41.1 Å². The van der Waals surface area contributed by atoms with Crippen LogP contribution in [0.3, 0.4) is 0 Å². The van der Waals surface area contributed by atoms with Crippen molar-refractivity contribution in [1.29, 1.82) is 0 Å². The quantitative estimate of drug-likeness (QED) is 0.885. The van der Waals surface area contributed by atoms with Crippen LogP contribution in [0.1, 0.15) is 24.3 Å². The van der Waals surface area contributed by atoms with E-state index in [4.69, 9.17) is 9.84 Å². The molecule has 1 heterocycles. The van der Waals surface area contributed by atoms with Crippen LogP contribution in [0.15, 0.2) is 24.3 Å². The highest BCUT2D eigenvalue weighted by molar-refractivity contribution is 5.88. The van der Waals surface area contributed by atoms with E-state index in [2.05, 4.69) is 0 Å². The van der Waals surface area contributed by atoms with E-state index in [1.54, 1.807) is 0 Å². The van der Waals surface area contributed by atoms with Gasteiger partial charge >= 0.3 is 5.97 Å². The minimum absolute atomic E-state index is 0.0939. The number of aliphatic carboxylic acids is 1. The van der Waals surface area contributed by atoms with Gasteiger partial charge in [-0.25, -0.2) is 0 Å². The fourth-order valence-corrected chi connectivity index (χ4v) is 2.49. The van der Waals surface area contributed by atoms with Gasteiger partial charge in [-0.1, -0.05) is 18.2 Å². The Labute approximate surface area is 110 Å². The summed E-state index contributed by atoms with van der Waals surface area (Å²) >= 11 is 0. The Morgan fingerprint density at radius 1 is 1.32 bits per heavy atom. The number of carbonyl (C=O) groups excluding carboxylic acids is 1. The van der Waals surface area contributed by atoms with Gasteiger partial charge in [0.15, 0.2) is 0 Å². The SMILES string of the molecule is O=C(O)CN(C(=O)C1COc2ccccc21)C1CC1. The second-order valence-electron chi connectivity index (χ2n) is 4.99. The summed E-state index contributed by atoms with van der Waals surface area (Å²) in [6.45, 7) is 0.0865. The number of benzene rings is 1. The Bertz CT molecular complexity index is 524. The van der Waals surface area contributed by atoms with Crippen LogP contribution in [0.5, 0.6) is 5.75 Å². The highest BCUT2D eigenvalue weighted by Gasteiger charge is 2.40. The molecule has 2 aliphatic rings. The predicted octanol–water partition coefficient (Wildman–Crippen LogP) is 1.24. The normalized spacial score (nSPS) is 20.5. The summed E-state index contributed by atoms with van der Waals surface area (Å²) in [5.74, 6) is -0.731. The molecular weight excluding hydrogens is 246 g/mol. The van der Waals surface area contributed by atoms with Crippen molar-refractivity contribution < 1.29 is 19.4 Å². The number of ether oxygens (including phenoxy) is 1. The van der Waals surface area contributed by atoms with Crippen LogP contribution in [0.4, 0.5) is 0 Å². The van der Waals surface area contributed by atoms with Gasteiger partial charge in [0.05, 0.1) is 0 Å². The van der Waals surface area contributed by atoms with Crippen molar-refractivity contribution in [1.82, 2.24) is 4.90 Å². The van der Waals surface area contributed by atoms with E-state index in [0.717, 1.165) is 24.2 Å². The van der Waals surface area contributed by atoms with Gasteiger partial charge in [-0.3, -0.25) is 9.59 Å². The number of carbonyl (C=O) groups is 2. The molecule has 1 unspecified atom stereocenters. The molecule has 100 valence electrons. The molecule has 1 aromatic rings. The molecule has 3 rings (SSSR count). The minimum Gasteiger partial charge on any atom is -0.492 e. The van der Waals surface area contributed by atoms with Crippen LogP contribution in [0.25, 0.3) is 0 Å². The van der Waals surface area contributed by atoms with Gasteiger partial charge in [-0.05, 0) is 18.9 Å². The summed E-state index contributed by atoms with van der Waals surface area (Å²) in [5, 5.41) is 8.92. The van der Waals surface area contributed by atoms with Crippen LogP contribution < -0.4 is 4.74 Å². The molecule has 0 spiro atoms. The van der Waals surface area contributed by atoms with Crippen LogP contribution in [0.2, 0.25) is 0 Å². The fraction of sp³-hybridized carbons (Fsp3) is 0.429. The molecule has 19 heavy (non-hydrogen) atoms. The molecule has 1 aliphatic heterocycles. The molecule has 1 atom stereocenters. The molecule has 0 aromatic heterocycles. The zero-order valence-electron chi connectivity index (χ0n) is 10.4. The van der Waals surface area contributed by atoms with Gasteiger partial charge in [0.25, 0.3) is 0 Å². The topological polar surface area (TPSA) is 66.8 Å². The number of fused-ring (bicyclic) bond motifs is 1. The molecule has 0 bridgehead atoms. The van der Waals surface area contributed by atoms with E-state index in [-0.39, 0.29) is 24.4 Å². The maximum atomic E-state index is 12.5. The molecule has 1 saturated carbocycles.